The first-order chi connectivity index (χ1) is 9.61. The van der Waals surface area contributed by atoms with Crippen LogP contribution in [-0.2, 0) is 0 Å². The fraction of sp³-hybridized carbons (Fsp3) is 0.0714. The monoisotopic (exact) mass is 269 g/mol. The molecule has 2 N–H and O–H groups in total. The Hall–Kier alpha value is -2.89. The van der Waals surface area contributed by atoms with E-state index >= 15 is 0 Å². The highest BCUT2D eigenvalue weighted by atomic mass is 16.5. The molecule has 20 heavy (non-hydrogen) atoms. The van der Waals surface area contributed by atoms with Gasteiger partial charge in [0.15, 0.2) is 0 Å². The van der Waals surface area contributed by atoms with E-state index in [9.17, 15) is 4.79 Å². The number of nitrogens with two attached hydrogens (primary N) is 1. The summed E-state index contributed by atoms with van der Waals surface area (Å²) in [6.07, 6.45) is 0. The van der Waals surface area contributed by atoms with E-state index in [1.807, 2.05) is 13.0 Å². The number of nitrogens with zero attached hydrogens (tertiary/aromatic N) is 2. The first-order valence-corrected chi connectivity index (χ1v) is 5.93. The van der Waals surface area contributed by atoms with Crippen LogP contribution in [0, 0.1) is 6.92 Å². The summed E-state index contributed by atoms with van der Waals surface area (Å²) in [5.41, 5.74) is 6.38. The molecule has 6 heteroatoms. The molecule has 3 rings (SSSR count). The molecule has 0 amide bonds. The molecule has 0 aliphatic rings. The summed E-state index contributed by atoms with van der Waals surface area (Å²) in [6, 6.07) is 9.89. The summed E-state index contributed by atoms with van der Waals surface area (Å²) < 4.78 is 10.7. The molecule has 100 valence electrons. The average molecular weight is 269 g/mol. The SMILES string of the molecule is Cc1cc(=O)oc2cc(Oc3ccc(N)nn3)ccc12. The van der Waals surface area contributed by atoms with Crippen molar-refractivity contribution in [3.05, 3.63) is 52.4 Å². The topological polar surface area (TPSA) is 91.2 Å². The molecule has 3 aromatic rings. The number of nitrogen functional groups attached to an aromatic ring is 1. The quantitative estimate of drug-likeness (QED) is 0.717. The molecule has 0 aliphatic carbocycles. The predicted octanol–water partition coefficient (Wildman–Crippen LogP) is 2.27. The number of rotatable bonds is 2. The van der Waals surface area contributed by atoms with Gasteiger partial charge in [0.25, 0.3) is 0 Å². The lowest BCUT2D eigenvalue weighted by Gasteiger charge is -2.05. The van der Waals surface area contributed by atoms with Gasteiger partial charge in [0.05, 0.1) is 0 Å². The summed E-state index contributed by atoms with van der Waals surface area (Å²) in [5.74, 6) is 1.14. The molecule has 1 aromatic carbocycles. The fourth-order valence-corrected chi connectivity index (χ4v) is 1.87. The van der Waals surface area contributed by atoms with Gasteiger partial charge in [-0.25, -0.2) is 4.79 Å². The zero-order valence-electron chi connectivity index (χ0n) is 10.7. The smallest absolute Gasteiger partial charge is 0.336 e. The van der Waals surface area contributed by atoms with E-state index < -0.39 is 0 Å². The van der Waals surface area contributed by atoms with E-state index in [-0.39, 0.29) is 5.63 Å². The van der Waals surface area contributed by atoms with E-state index in [4.69, 9.17) is 14.9 Å². The van der Waals surface area contributed by atoms with Crippen LogP contribution in [0.2, 0.25) is 0 Å². The average Bonchev–Trinajstić information content (AvgIpc) is 2.41. The van der Waals surface area contributed by atoms with Crippen molar-refractivity contribution >= 4 is 16.8 Å². The second-order valence-electron chi connectivity index (χ2n) is 4.30. The van der Waals surface area contributed by atoms with E-state index in [0.29, 0.717) is 23.0 Å². The highest BCUT2D eigenvalue weighted by Crippen LogP contribution is 2.25. The van der Waals surface area contributed by atoms with Crippen LogP contribution in [-0.4, -0.2) is 10.2 Å². The van der Waals surface area contributed by atoms with Crippen molar-refractivity contribution in [2.45, 2.75) is 6.92 Å². The molecule has 0 aliphatic heterocycles. The summed E-state index contributed by atoms with van der Waals surface area (Å²) in [6.45, 7) is 1.85. The van der Waals surface area contributed by atoms with Crippen LogP contribution in [0.1, 0.15) is 5.56 Å². The molecule has 0 spiro atoms. The van der Waals surface area contributed by atoms with Gasteiger partial charge in [-0.15, -0.1) is 10.2 Å². The summed E-state index contributed by atoms with van der Waals surface area (Å²) in [5, 5.41) is 8.36. The number of aromatic nitrogens is 2. The molecule has 0 fully saturated rings. The molecular formula is C14H11N3O3. The minimum Gasteiger partial charge on any atom is -0.437 e. The number of aryl methyl sites for hydroxylation is 1. The fourth-order valence-electron chi connectivity index (χ4n) is 1.87. The van der Waals surface area contributed by atoms with Crippen molar-refractivity contribution in [2.75, 3.05) is 5.73 Å². The van der Waals surface area contributed by atoms with Gasteiger partial charge in [-0.3, -0.25) is 0 Å². The van der Waals surface area contributed by atoms with Gasteiger partial charge in [0.2, 0.25) is 5.88 Å². The van der Waals surface area contributed by atoms with Crippen LogP contribution in [0.3, 0.4) is 0 Å². The Morgan fingerprint density at radius 1 is 1.15 bits per heavy atom. The third kappa shape index (κ3) is 2.31. The molecule has 0 saturated heterocycles. The van der Waals surface area contributed by atoms with Crippen molar-refractivity contribution in [1.82, 2.24) is 10.2 Å². The summed E-state index contributed by atoms with van der Waals surface area (Å²) in [7, 11) is 0. The number of benzene rings is 1. The Morgan fingerprint density at radius 3 is 2.75 bits per heavy atom. The lowest BCUT2D eigenvalue weighted by Crippen LogP contribution is -1.98. The van der Waals surface area contributed by atoms with Crippen LogP contribution in [0.4, 0.5) is 5.82 Å². The zero-order valence-corrected chi connectivity index (χ0v) is 10.7. The van der Waals surface area contributed by atoms with Gasteiger partial charge in [-0.2, -0.15) is 0 Å². The standard InChI is InChI=1S/C14H11N3O3/c1-8-6-14(18)20-11-7-9(2-3-10(8)11)19-13-5-4-12(15)16-17-13/h2-7H,1H3,(H2,15,16). The molecule has 2 heterocycles. The van der Waals surface area contributed by atoms with Gasteiger partial charge in [0.1, 0.15) is 17.2 Å². The largest absolute Gasteiger partial charge is 0.437 e. The minimum absolute atomic E-state index is 0.313. The Bertz CT molecular complexity index is 825. The van der Waals surface area contributed by atoms with Gasteiger partial charge in [-0.05, 0) is 30.7 Å². The van der Waals surface area contributed by atoms with E-state index in [1.165, 1.54) is 6.07 Å². The van der Waals surface area contributed by atoms with Crippen LogP contribution in [0.25, 0.3) is 11.0 Å². The Balaban J connectivity index is 2.00. The molecule has 6 nitrogen and oxygen atoms in total. The van der Waals surface area contributed by atoms with E-state index in [1.54, 1.807) is 24.3 Å². The van der Waals surface area contributed by atoms with Gasteiger partial charge in [-0.1, -0.05) is 0 Å². The maximum absolute atomic E-state index is 11.4. The van der Waals surface area contributed by atoms with Crippen LogP contribution in [0.5, 0.6) is 11.6 Å². The van der Waals surface area contributed by atoms with Crippen LogP contribution < -0.4 is 16.1 Å². The normalized spacial score (nSPS) is 10.7. The number of hydrogen-bond acceptors (Lipinski definition) is 6. The van der Waals surface area contributed by atoms with Crippen molar-refractivity contribution < 1.29 is 9.15 Å². The second-order valence-corrected chi connectivity index (χ2v) is 4.30. The van der Waals surface area contributed by atoms with Crippen molar-refractivity contribution in [1.29, 1.82) is 0 Å². The maximum Gasteiger partial charge on any atom is 0.336 e. The van der Waals surface area contributed by atoms with Crippen molar-refractivity contribution in [3.8, 4) is 11.6 Å². The molecule has 0 radical (unpaired) electrons. The highest BCUT2D eigenvalue weighted by molar-refractivity contribution is 5.81. The number of hydrogen-bond donors (Lipinski definition) is 1. The van der Waals surface area contributed by atoms with Crippen LogP contribution >= 0.6 is 0 Å². The molecule has 0 bridgehead atoms. The van der Waals surface area contributed by atoms with Crippen molar-refractivity contribution in [3.63, 3.8) is 0 Å². The molecule has 0 unspecified atom stereocenters. The lowest BCUT2D eigenvalue weighted by molar-refractivity contribution is 0.454. The first-order valence-electron chi connectivity index (χ1n) is 5.93. The van der Waals surface area contributed by atoms with Gasteiger partial charge in [0, 0.05) is 23.6 Å². The van der Waals surface area contributed by atoms with Crippen molar-refractivity contribution in [2.24, 2.45) is 0 Å². The number of ether oxygens (including phenoxy) is 1. The number of anilines is 1. The number of fused-ring (bicyclic) bond motifs is 1. The van der Waals surface area contributed by atoms with Gasteiger partial charge >= 0.3 is 5.63 Å². The molecule has 0 atom stereocenters. The molecule has 0 saturated carbocycles. The third-order valence-corrected chi connectivity index (χ3v) is 2.81. The predicted molar refractivity (Wildman–Crippen MR) is 73.7 cm³/mol. The minimum atomic E-state index is -0.389. The summed E-state index contributed by atoms with van der Waals surface area (Å²) in [4.78, 5) is 11.4. The second kappa shape index (κ2) is 4.65. The Kier molecular flexibility index (Phi) is 2.83. The van der Waals surface area contributed by atoms with E-state index in [2.05, 4.69) is 10.2 Å². The summed E-state index contributed by atoms with van der Waals surface area (Å²) >= 11 is 0. The first kappa shape index (κ1) is 12.2. The Labute approximate surface area is 113 Å². The van der Waals surface area contributed by atoms with Gasteiger partial charge < -0.3 is 14.9 Å². The molecule has 2 aromatic heterocycles. The zero-order chi connectivity index (χ0) is 14.1. The van der Waals surface area contributed by atoms with Crippen LogP contribution in [0.15, 0.2) is 45.6 Å². The third-order valence-electron chi connectivity index (χ3n) is 2.81. The van der Waals surface area contributed by atoms with E-state index in [0.717, 1.165) is 10.9 Å². The Morgan fingerprint density at radius 2 is 2.00 bits per heavy atom. The highest BCUT2D eigenvalue weighted by Gasteiger charge is 2.05. The molecular weight excluding hydrogens is 258 g/mol. The maximum atomic E-state index is 11.4. The lowest BCUT2D eigenvalue weighted by atomic mass is 10.1.